The Labute approximate surface area is 112 Å². The maximum atomic E-state index is 12.2. The highest BCUT2D eigenvalue weighted by Crippen LogP contribution is 2.30. The second kappa shape index (κ2) is 5.30. The topological polar surface area (TPSA) is 86.5 Å². The van der Waals surface area contributed by atoms with E-state index in [0.717, 1.165) is 18.2 Å². The fraction of sp³-hybridized carbons (Fsp3) is 0.462. The molecule has 104 valence electrons. The summed E-state index contributed by atoms with van der Waals surface area (Å²) in [5.74, 6) is 0.250. The predicted octanol–water partition coefficient (Wildman–Crippen LogP) is 0.566. The molecule has 0 aliphatic carbocycles. The van der Waals surface area contributed by atoms with Crippen molar-refractivity contribution in [1.82, 2.24) is 0 Å². The lowest BCUT2D eigenvalue weighted by Crippen LogP contribution is -2.32. The molecule has 0 saturated carbocycles. The zero-order valence-corrected chi connectivity index (χ0v) is 11.6. The number of sulfone groups is 1. The molecule has 0 aromatic heterocycles. The van der Waals surface area contributed by atoms with Crippen LogP contribution in [0.1, 0.15) is 22.3 Å². The van der Waals surface area contributed by atoms with Crippen molar-refractivity contribution >= 4 is 15.6 Å². The van der Waals surface area contributed by atoms with Gasteiger partial charge in [-0.05, 0) is 18.1 Å². The zero-order valence-electron chi connectivity index (χ0n) is 10.8. The van der Waals surface area contributed by atoms with Crippen molar-refractivity contribution in [2.75, 3.05) is 18.6 Å². The molecule has 1 aromatic carbocycles. The molecule has 0 fully saturated rings. The van der Waals surface area contributed by atoms with E-state index in [0.29, 0.717) is 17.9 Å². The van der Waals surface area contributed by atoms with Crippen LogP contribution >= 0.6 is 0 Å². The van der Waals surface area contributed by atoms with E-state index in [2.05, 4.69) is 0 Å². The van der Waals surface area contributed by atoms with E-state index < -0.39 is 15.9 Å². The van der Waals surface area contributed by atoms with E-state index >= 15 is 0 Å². The minimum absolute atomic E-state index is 0.0875. The van der Waals surface area contributed by atoms with Gasteiger partial charge in [0.25, 0.3) is 0 Å². The Morgan fingerprint density at radius 3 is 2.89 bits per heavy atom. The fourth-order valence-electron chi connectivity index (χ4n) is 2.08. The van der Waals surface area contributed by atoms with Gasteiger partial charge in [0.2, 0.25) is 0 Å². The first-order valence-electron chi connectivity index (χ1n) is 6.11. The third-order valence-corrected chi connectivity index (χ3v) is 4.09. The predicted molar refractivity (Wildman–Crippen MR) is 72.3 cm³/mol. The molecule has 19 heavy (non-hydrogen) atoms. The van der Waals surface area contributed by atoms with Crippen LogP contribution in [0.5, 0.6) is 5.75 Å². The maximum Gasteiger partial charge on any atom is 0.183 e. The molecule has 1 aliphatic rings. The number of para-hydroxylation sites is 1. The highest BCUT2D eigenvalue weighted by molar-refractivity contribution is 7.90. The van der Waals surface area contributed by atoms with Gasteiger partial charge in [0, 0.05) is 12.7 Å². The van der Waals surface area contributed by atoms with E-state index in [-0.39, 0.29) is 18.0 Å². The van der Waals surface area contributed by atoms with Crippen LogP contribution in [-0.2, 0) is 16.3 Å². The quantitative estimate of drug-likeness (QED) is 0.798. The van der Waals surface area contributed by atoms with E-state index in [4.69, 9.17) is 10.5 Å². The molecule has 5 nitrogen and oxygen atoms in total. The van der Waals surface area contributed by atoms with Crippen molar-refractivity contribution in [2.24, 2.45) is 5.73 Å². The zero-order chi connectivity index (χ0) is 14.0. The average Bonchev–Trinajstić information content (AvgIpc) is 2.82. The van der Waals surface area contributed by atoms with Gasteiger partial charge in [0.05, 0.1) is 24.0 Å². The van der Waals surface area contributed by atoms with Crippen LogP contribution in [0.4, 0.5) is 0 Å². The Kier molecular flexibility index (Phi) is 3.91. The summed E-state index contributed by atoms with van der Waals surface area (Å²) in [6, 6.07) is 4.57. The van der Waals surface area contributed by atoms with Crippen LogP contribution in [-0.4, -0.2) is 38.9 Å². The molecule has 1 unspecified atom stereocenters. The second-order valence-corrected chi connectivity index (χ2v) is 7.04. The number of rotatable bonds is 5. The monoisotopic (exact) mass is 283 g/mol. The highest BCUT2D eigenvalue weighted by atomic mass is 32.2. The average molecular weight is 283 g/mol. The van der Waals surface area contributed by atoms with Crippen molar-refractivity contribution in [3.05, 3.63) is 29.3 Å². The number of hydrogen-bond acceptors (Lipinski definition) is 5. The molecule has 0 amide bonds. The van der Waals surface area contributed by atoms with E-state index in [1.807, 2.05) is 6.07 Å². The Morgan fingerprint density at radius 1 is 1.47 bits per heavy atom. The van der Waals surface area contributed by atoms with Gasteiger partial charge < -0.3 is 10.5 Å². The maximum absolute atomic E-state index is 12.2. The van der Waals surface area contributed by atoms with Crippen molar-refractivity contribution < 1.29 is 17.9 Å². The van der Waals surface area contributed by atoms with Gasteiger partial charge in [-0.1, -0.05) is 12.1 Å². The van der Waals surface area contributed by atoms with E-state index in [1.165, 1.54) is 0 Å². The van der Waals surface area contributed by atoms with Crippen LogP contribution in [0, 0.1) is 0 Å². The smallest absolute Gasteiger partial charge is 0.183 e. The van der Waals surface area contributed by atoms with Crippen molar-refractivity contribution in [1.29, 1.82) is 0 Å². The Hall–Kier alpha value is -1.40. The van der Waals surface area contributed by atoms with Gasteiger partial charge >= 0.3 is 0 Å². The summed E-state index contributed by atoms with van der Waals surface area (Å²) in [6.07, 6.45) is 2.05. The Morgan fingerprint density at radius 2 is 2.21 bits per heavy atom. The molecule has 1 aliphatic heterocycles. The third-order valence-electron chi connectivity index (χ3n) is 3.12. The number of ether oxygens (including phenoxy) is 1. The van der Waals surface area contributed by atoms with Crippen molar-refractivity contribution in [3.63, 3.8) is 0 Å². The summed E-state index contributed by atoms with van der Waals surface area (Å²) in [7, 11) is -3.11. The summed E-state index contributed by atoms with van der Waals surface area (Å²) in [5, 5.41) is 0. The largest absolute Gasteiger partial charge is 0.492 e. The van der Waals surface area contributed by atoms with Crippen molar-refractivity contribution in [2.45, 2.75) is 18.9 Å². The van der Waals surface area contributed by atoms with Crippen LogP contribution in [0.2, 0.25) is 0 Å². The minimum Gasteiger partial charge on any atom is -0.492 e. The lowest BCUT2D eigenvalue weighted by molar-refractivity contribution is 0.0956. The van der Waals surface area contributed by atoms with Crippen LogP contribution in [0.15, 0.2) is 18.2 Å². The summed E-state index contributed by atoms with van der Waals surface area (Å²) in [5.41, 5.74) is 7.24. The number of fused-ring (bicyclic) bond motifs is 1. The van der Waals surface area contributed by atoms with Crippen LogP contribution in [0.25, 0.3) is 0 Å². The molecule has 0 saturated heterocycles. The fourth-order valence-corrected chi connectivity index (χ4v) is 2.76. The van der Waals surface area contributed by atoms with Gasteiger partial charge in [-0.2, -0.15) is 0 Å². The molecule has 0 radical (unpaired) electrons. The first kappa shape index (κ1) is 14.0. The molecule has 0 bridgehead atoms. The van der Waals surface area contributed by atoms with Gasteiger partial charge in [-0.25, -0.2) is 8.42 Å². The summed E-state index contributed by atoms with van der Waals surface area (Å²) in [4.78, 5) is 12.2. The van der Waals surface area contributed by atoms with E-state index in [1.54, 1.807) is 12.1 Å². The number of carbonyl (C=O) groups excluding carboxylic acids is 1. The normalized spacial score (nSPS) is 15.7. The molecule has 1 atom stereocenters. The number of Topliss-reactive ketones (excluding diaryl/α,β-unsaturated/α-hetero) is 1. The molecule has 6 heteroatoms. The lowest BCUT2D eigenvalue weighted by atomic mass is 9.99. The van der Waals surface area contributed by atoms with Crippen LogP contribution < -0.4 is 10.5 Å². The molecule has 1 aromatic rings. The number of carbonyl (C=O) groups is 1. The number of benzene rings is 1. The lowest BCUT2D eigenvalue weighted by Gasteiger charge is -2.12. The van der Waals surface area contributed by atoms with Gasteiger partial charge in [0.15, 0.2) is 5.78 Å². The second-order valence-electron chi connectivity index (χ2n) is 4.78. The van der Waals surface area contributed by atoms with Gasteiger partial charge in [-0.15, -0.1) is 0 Å². The SMILES string of the molecule is CS(=O)(=O)CCC(N)C(=O)c1cccc2c1OCC2. The molecule has 1 heterocycles. The first-order valence-corrected chi connectivity index (χ1v) is 8.17. The summed E-state index contributed by atoms with van der Waals surface area (Å²) >= 11 is 0. The Bertz CT molecular complexity index is 595. The molecule has 2 N–H and O–H groups in total. The van der Waals surface area contributed by atoms with Crippen LogP contribution in [0.3, 0.4) is 0 Å². The highest BCUT2D eigenvalue weighted by Gasteiger charge is 2.24. The molecule has 0 spiro atoms. The van der Waals surface area contributed by atoms with Gasteiger partial charge in [0.1, 0.15) is 15.6 Å². The number of hydrogen-bond donors (Lipinski definition) is 1. The first-order chi connectivity index (χ1) is 8.88. The van der Waals surface area contributed by atoms with Crippen molar-refractivity contribution in [3.8, 4) is 5.75 Å². The standard InChI is InChI=1S/C13H17NO4S/c1-19(16,17)8-6-11(14)12(15)10-4-2-3-9-5-7-18-13(9)10/h2-4,11H,5-8,14H2,1H3. The molecule has 2 rings (SSSR count). The van der Waals surface area contributed by atoms with Gasteiger partial charge in [-0.3, -0.25) is 4.79 Å². The van der Waals surface area contributed by atoms with E-state index in [9.17, 15) is 13.2 Å². The molecular weight excluding hydrogens is 266 g/mol. The Balaban J connectivity index is 2.14. The molecular formula is C13H17NO4S. The summed E-state index contributed by atoms with van der Waals surface area (Å²) in [6.45, 7) is 0.568. The minimum atomic E-state index is -3.11. The number of nitrogens with two attached hydrogens (primary N) is 1. The third kappa shape index (κ3) is 3.33. The number of ketones is 1. The summed E-state index contributed by atoms with van der Waals surface area (Å²) < 4.78 is 27.6.